The van der Waals surface area contributed by atoms with Gasteiger partial charge in [0.05, 0.1) is 23.8 Å². The van der Waals surface area contributed by atoms with Gasteiger partial charge in [0.2, 0.25) is 10.0 Å². The van der Waals surface area contributed by atoms with E-state index in [0.717, 1.165) is 27.6 Å². The first-order chi connectivity index (χ1) is 13.0. The summed E-state index contributed by atoms with van der Waals surface area (Å²) in [4.78, 5) is 0.313. The molecule has 0 bridgehead atoms. The van der Waals surface area contributed by atoms with Gasteiger partial charge in [-0.1, -0.05) is 36.4 Å². The predicted octanol–water partition coefficient (Wildman–Crippen LogP) is 2.93. The molecule has 0 unspecified atom stereocenters. The lowest BCUT2D eigenvalue weighted by Crippen LogP contribution is -2.40. The molecule has 3 aromatic rings. The topological polar surface area (TPSA) is 72.4 Å². The third kappa shape index (κ3) is 3.22. The Labute approximate surface area is 158 Å². The number of morpholine rings is 1. The largest absolute Gasteiger partial charge is 0.379 e. The van der Waals surface area contributed by atoms with Crippen molar-refractivity contribution in [2.75, 3.05) is 26.3 Å². The van der Waals surface area contributed by atoms with Crippen LogP contribution in [0.5, 0.6) is 0 Å². The van der Waals surface area contributed by atoms with Gasteiger partial charge in [-0.25, -0.2) is 8.42 Å². The minimum atomic E-state index is -3.58. The Kier molecular flexibility index (Phi) is 4.67. The minimum absolute atomic E-state index is 0.313. The molecular formula is C20H21N3O3S. The average molecular weight is 383 g/mol. The molecule has 0 N–H and O–H groups in total. The molecule has 0 saturated carbocycles. The summed E-state index contributed by atoms with van der Waals surface area (Å²) >= 11 is 0. The van der Waals surface area contributed by atoms with Gasteiger partial charge in [0.25, 0.3) is 0 Å². The summed E-state index contributed by atoms with van der Waals surface area (Å²) in [6.07, 6.45) is 0. The summed E-state index contributed by atoms with van der Waals surface area (Å²) in [6, 6.07) is 13.4. The number of hydrogen-bond donors (Lipinski definition) is 0. The Balaban J connectivity index is 1.86. The molecule has 2 aromatic carbocycles. The van der Waals surface area contributed by atoms with Crippen LogP contribution >= 0.6 is 0 Å². The number of aromatic nitrogens is 2. The molecule has 7 heteroatoms. The second-order valence-electron chi connectivity index (χ2n) is 6.68. The summed E-state index contributed by atoms with van der Waals surface area (Å²) in [5, 5.41) is 10.6. The highest BCUT2D eigenvalue weighted by Crippen LogP contribution is 2.31. The van der Waals surface area contributed by atoms with E-state index in [1.54, 1.807) is 6.07 Å². The second-order valence-corrected chi connectivity index (χ2v) is 8.58. The standard InChI is InChI=1S/C20H21N3O3S/c1-14-7-8-16(13-19(14)27(24,25)23-9-11-26-12-10-23)20-18-6-4-3-5-17(18)15(2)21-22-20/h3-8,13H,9-12H2,1-2H3. The summed E-state index contributed by atoms with van der Waals surface area (Å²) in [7, 11) is -3.58. The van der Waals surface area contributed by atoms with Gasteiger partial charge >= 0.3 is 0 Å². The third-order valence-electron chi connectivity index (χ3n) is 4.92. The maximum absolute atomic E-state index is 13.1. The Morgan fingerprint density at radius 2 is 1.67 bits per heavy atom. The van der Waals surface area contributed by atoms with Crippen LogP contribution in [0.3, 0.4) is 0 Å². The predicted molar refractivity (Wildman–Crippen MR) is 104 cm³/mol. The van der Waals surface area contributed by atoms with E-state index in [9.17, 15) is 8.42 Å². The molecule has 0 atom stereocenters. The first-order valence-electron chi connectivity index (χ1n) is 8.89. The Hall–Kier alpha value is -2.35. The van der Waals surface area contributed by atoms with Crippen LogP contribution in [0.4, 0.5) is 0 Å². The monoisotopic (exact) mass is 383 g/mol. The smallest absolute Gasteiger partial charge is 0.243 e. The summed E-state index contributed by atoms with van der Waals surface area (Å²) < 4.78 is 33.1. The van der Waals surface area contributed by atoms with Crippen molar-refractivity contribution in [2.24, 2.45) is 0 Å². The number of fused-ring (bicyclic) bond motifs is 1. The van der Waals surface area contributed by atoms with Crippen LogP contribution in [0.25, 0.3) is 22.0 Å². The van der Waals surface area contributed by atoms with Gasteiger partial charge in [0.15, 0.2) is 0 Å². The zero-order valence-corrected chi connectivity index (χ0v) is 16.2. The van der Waals surface area contributed by atoms with Crippen molar-refractivity contribution in [1.82, 2.24) is 14.5 Å². The Morgan fingerprint density at radius 3 is 2.41 bits per heavy atom. The van der Waals surface area contributed by atoms with Crippen molar-refractivity contribution < 1.29 is 13.2 Å². The number of sulfonamides is 1. The van der Waals surface area contributed by atoms with E-state index in [4.69, 9.17) is 4.74 Å². The molecule has 1 fully saturated rings. The number of aryl methyl sites for hydroxylation is 2. The zero-order chi connectivity index (χ0) is 19.0. The average Bonchev–Trinajstić information content (AvgIpc) is 2.70. The molecular weight excluding hydrogens is 362 g/mol. The third-order valence-corrected chi connectivity index (χ3v) is 6.96. The van der Waals surface area contributed by atoms with Crippen molar-refractivity contribution in [1.29, 1.82) is 0 Å². The van der Waals surface area contributed by atoms with Gasteiger partial charge in [-0.05, 0) is 25.5 Å². The van der Waals surface area contributed by atoms with E-state index in [0.29, 0.717) is 36.9 Å². The van der Waals surface area contributed by atoms with Crippen LogP contribution in [-0.4, -0.2) is 49.2 Å². The molecule has 2 heterocycles. The lowest BCUT2D eigenvalue weighted by Gasteiger charge is -2.26. The van der Waals surface area contributed by atoms with E-state index in [-0.39, 0.29) is 0 Å². The van der Waals surface area contributed by atoms with Gasteiger partial charge in [-0.3, -0.25) is 0 Å². The first kappa shape index (κ1) is 18.0. The quantitative estimate of drug-likeness (QED) is 0.695. The lowest BCUT2D eigenvalue weighted by molar-refractivity contribution is 0.0730. The van der Waals surface area contributed by atoms with Crippen LogP contribution in [-0.2, 0) is 14.8 Å². The van der Waals surface area contributed by atoms with Gasteiger partial charge in [0, 0.05) is 29.4 Å². The molecule has 1 saturated heterocycles. The molecule has 4 rings (SSSR count). The molecule has 6 nitrogen and oxygen atoms in total. The van der Waals surface area contributed by atoms with Gasteiger partial charge in [-0.2, -0.15) is 9.40 Å². The molecule has 1 aliphatic rings. The van der Waals surface area contributed by atoms with Gasteiger partial charge < -0.3 is 4.74 Å². The van der Waals surface area contributed by atoms with Crippen molar-refractivity contribution in [3.8, 4) is 11.3 Å². The van der Waals surface area contributed by atoms with E-state index in [1.165, 1.54) is 4.31 Å². The van der Waals surface area contributed by atoms with Crippen molar-refractivity contribution >= 4 is 20.8 Å². The van der Waals surface area contributed by atoms with E-state index in [2.05, 4.69) is 10.2 Å². The van der Waals surface area contributed by atoms with Crippen molar-refractivity contribution in [2.45, 2.75) is 18.7 Å². The molecule has 27 heavy (non-hydrogen) atoms. The fourth-order valence-corrected chi connectivity index (χ4v) is 5.06. The molecule has 0 amide bonds. The maximum atomic E-state index is 13.1. The van der Waals surface area contributed by atoms with Crippen LogP contribution < -0.4 is 0 Å². The number of nitrogens with zero attached hydrogens (tertiary/aromatic N) is 3. The second kappa shape index (κ2) is 6.99. The van der Waals surface area contributed by atoms with Crippen LogP contribution in [0.2, 0.25) is 0 Å². The van der Waals surface area contributed by atoms with Crippen LogP contribution in [0.1, 0.15) is 11.3 Å². The summed E-state index contributed by atoms with van der Waals surface area (Å²) in [5.41, 5.74) is 3.00. The molecule has 1 aliphatic heterocycles. The molecule has 0 radical (unpaired) electrons. The fourth-order valence-electron chi connectivity index (χ4n) is 3.40. The Morgan fingerprint density at radius 1 is 0.963 bits per heavy atom. The van der Waals surface area contributed by atoms with E-state index < -0.39 is 10.0 Å². The molecule has 0 spiro atoms. The van der Waals surface area contributed by atoms with Gasteiger partial charge in [-0.15, -0.1) is 5.10 Å². The van der Waals surface area contributed by atoms with E-state index >= 15 is 0 Å². The normalized spacial score (nSPS) is 15.9. The fraction of sp³-hybridized carbons (Fsp3) is 0.300. The number of rotatable bonds is 3. The number of ether oxygens (including phenoxy) is 1. The summed E-state index contributed by atoms with van der Waals surface area (Å²) in [5.74, 6) is 0. The molecule has 140 valence electrons. The maximum Gasteiger partial charge on any atom is 0.243 e. The summed E-state index contributed by atoms with van der Waals surface area (Å²) in [6.45, 7) is 5.33. The zero-order valence-electron chi connectivity index (χ0n) is 15.3. The number of hydrogen-bond acceptors (Lipinski definition) is 5. The highest BCUT2D eigenvalue weighted by Gasteiger charge is 2.28. The first-order valence-corrected chi connectivity index (χ1v) is 10.3. The molecule has 1 aromatic heterocycles. The lowest BCUT2D eigenvalue weighted by atomic mass is 10.0. The van der Waals surface area contributed by atoms with Crippen LogP contribution in [0.15, 0.2) is 47.4 Å². The van der Waals surface area contributed by atoms with Gasteiger partial charge in [0.1, 0.15) is 5.69 Å². The van der Waals surface area contributed by atoms with Crippen molar-refractivity contribution in [3.63, 3.8) is 0 Å². The highest BCUT2D eigenvalue weighted by atomic mass is 32.2. The van der Waals surface area contributed by atoms with Crippen LogP contribution in [0, 0.1) is 13.8 Å². The minimum Gasteiger partial charge on any atom is -0.379 e. The SMILES string of the molecule is Cc1ccc(-c2nnc(C)c3ccccc23)cc1S(=O)(=O)N1CCOCC1. The van der Waals surface area contributed by atoms with E-state index in [1.807, 2.05) is 50.2 Å². The highest BCUT2D eigenvalue weighted by molar-refractivity contribution is 7.89. The molecule has 0 aliphatic carbocycles. The Bertz CT molecular complexity index is 1110. The number of benzene rings is 2. The van der Waals surface area contributed by atoms with Crippen molar-refractivity contribution in [3.05, 3.63) is 53.7 Å².